The molecule has 0 N–H and O–H groups in total. The van der Waals surface area contributed by atoms with Gasteiger partial charge in [-0.2, -0.15) is 0 Å². The third-order valence-electron chi connectivity index (χ3n) is 3.98. The summed E-state index contributed by atoms with van der Waals surface area (Å²) in [4.78, 5) is 11.6. The van der Waals surface area contributed by atoms with Crippen LogP contribution in [0.3, 0.4) is 0 Å². The number of carbonyl (C=O) groups excluding carboxylic acids is 1. The van der Waals surface area contributed by atoms with Crippen molar-refractivity contribution < 1.29 is 19.0 Å². The van der Waals surface area contributed by atoms with Crippen molar-refractivity contribution in [1.29, 1.82) is 0 Å². The van der Waals surface area contributed by atoms with E-state index in [0.717, 1.165) is 25.7 Å². The molecule has 1 spiro atoms. The van der Waals surface area contributed by atoms with Crippen molar-refractivity contribution in [2.75, 3.05) is 13.2 Å². The van der Waals surface area contributed by atoms with Crippen molar-refractivity contribution in [3.8, 4) is 0 Å². The van der Waals surface area contributed by atoms with Gasteiger partial charge in [-0.3, -0.25) is 4.79 Å². The summed E-state index contributed by atoms with van der Waals surface area (Å²) in [6, 6.07) is 0. The van der Waals surface area contributed by atoms with Gasteiger partial charge in [0.05, 0.1) is 25.7 Å². The Bertz CT molecular complexity index is 320. The van der Waals surface area contributed by atoms with Crippen molar-refractivity contribution in [3.05, 3.63) is 12.7 Å². The lowest BCUT2D eigenvalue weighted by Crippen LogP contribution is -2.34. The summed E-state index contributed by atoms with van der Waals surface area (Å²) in [7, 11) is 0. The second kappa shape index (κ2) is 6.53. The standard InChI is InChI=1S/C15H24O4/c1-3-12(10-14(16)17-4-2)13-11-18-15(19-13)8-6-5-7-9-15/h3,12-13H,1,4-11H2,2H3/t12-,13-/m0/s1. The Morgan fingerprint density at radius 1 is 1.47 bits per heavy atom. The van der Waals surface area contributed by atoms with Gasteiger partial charge in [-0.15, -0.1) is 6.58 Å². The van der Waals surface area contributed by atoms with Gasteiger partial charge in [0.1, 0.15) is 0 Å². The molecule has 1 heterocycles. The van der Waals surface area contributed by atoms with E-state index < -0.39 is 5.79 Å². The average molecular weight is 268 g/mol. The third-order valence-corrected chi connectivity index (χ3v) is 3.98. The molecule has 1 aliphatic carbocycles. The van der Waals surface area contributed by atoms with Gasteiger partial charge in [-0.25, -0.2) is 0 Å². The highest BCUT2D eigenvalue weighted by atomic mass is 16.7. The maximum atomic E-state index is 11.6. The van der Waals surface area contributed by atoms with Gasteiger partial charge in [0, 0.05) is 18.8 Å². The van der Waals surface area contributed by atoms with Crippen LogP contribution >= 0.6 is 0 Å². The molecule has 1 saturated carbocycles. The summed E-state index contributed by atoms with van der Waals surface area (Å²) in [5, 5.41) is 0. The monoisotopic (exact) mass is 268 g/mol. The molecule has 0 aromatic rings. The van der Waals surface area contributed by atoms with Crippen molar-refractivity contribution in [2.24, 2.45) is 5.92 Å². The largest absolute Gasteiger partial charge is 0.466 e. The lowest BCUT2D eigenvalue weighted by atomic mass is 9.94. The molecule has 2 atom stereocenters. The van der Waals surface area contributed by atoms with Crippen molar-refractivity contribution in [2.45, 2.75) is 57.3 Å². The first-order valence-electron chi connectivity index (χ1n) is 7.29. The van der Waals surface area contributed by atoms with Crippen LogP contribution in [0.25, 0.3) is 0 Å². The molecule has 2 fully saturated rings. The molecule has 4 nitrogen and oxygen atoms in total. The molecule has 0 aromatic carbocycles. The van der Waals surface area contributed by atoms with E-state index >= 15 is 0 Å². The zero-order valence-corrected chi connectivity index (χ0v) is 11.7. The number of esters is 1. The van der Waals surface area contributed by atoms with E-state index in [4.69, 9.17) is 14.2 Å². The van der Waals surface area contributed by atoms with Crippen LogP contribution in [0, 0.1) is 5.92 Å². The summed E-state index contributed by atoms with van der Waals surface area (Å²) < 4.78 is 17.0. The number of carbonyl (C=O) groups is 1. The number of hydrogen-bond donors (Lipinski definition) is 0. The summed E-state index contributed by atoms with van der Waals surface area (Å²) in [6.45, 7) is 6.58. The molecule has 0 bridgehead atoms. The first-order chi connectivity index (χ1) is 9.19. The fraction of sp³-hybridized carbons (Fsp3) is 0.800. The highest BCUT2D eigenvalue weighted by molar-refractivity contribution is 5.70. The van der Waals surface area contributed by atoms with Crippen LogP contribution in [0.5, 0.6) is 0 Å². The van der Waals surface area contributed by atoms with Crippen LogP contribution < -0.4 is 0 Å². The predicted octanol–water partition coefficient (Wildman–Crippen LogP) is 2.82. The first-order valence-corrected chi connectivity index (χ1v) is 7.29. The fourth-order valence-electron chi connectivity index (χ4n) is 2.92. The number of hydrogen-bond acceptors (Lipinski definition) is 4. The summed E-state index contributed by atoms with van der Waals surface area (Å²) in [5.74, 6) is -0.611. The molecule has 0 radical (unpaired) electrons. The zero-order valence-electron chi connectivity index (χ0n) is 11.7. The van der Waals surface area contributed by atoms with Crippen LogP contribution in [-0.4, -0.2) is 31.1 Å². The molecule has 2 aliphatic rings. The Labute approximate surface area is 115 Å². The summed E-state index contributed by atoms with van der Waals surface area (Å²) in [6.07, 6.45) is 7.54. The zero-order chi connectivity index (χ0) is 13.7. The topological polar surface area (TPSA) is 44.8 Å². The molecule has 1 aliphatic heterocycles. The van der Waals surface area contributed by atoms with E-state index in [1.807, 2.05) is 6.92 Å². The van der Waals surface area contributed by atoms with E-state index in [1.54, 1.807) is 6.08 Å². The molecule has 4 heteroatoms. The van der Waals surface area contributed by atoms with Gasteiger partial charge >= 0.3 is 5.97 Å². The fourth-order valence-corrected chi connectivity index (χ4v) is 2.92. The van der Waals surface area contributed by atoms with E-state index in [9.17, 15) is 4.79 Å². The molecule has 1 saturated heterocycles. The SMILES string of the molecule is C=C[C@@H](CC(=O)OCC)[C@@H]1COC2(CCCCC2)O1. The second-order valence-electron chi connectivity index (χ2n) is 5.35. The van der Waals surface area contributed by atoms with Crippen molar-refractivity contribution in [3.63, 3.8) is 0 Å². The van der Waals surface area contributed by atoms with Gasteiger partial charge < -0.3 is 14.2 Å². The first kappa shape index (κ1) is 14.5. The highest BCUT2D eigenvalue weighted by Crippen LogP contribution is 2.40. The van der Waals surface area contributed by atoms with E-state index in [0.29, 0.717) is 19.6 Å². The lowest BCUT2D eigenvalue weighted by molar-refractivity contribution is -0.191. The molecule has 0 unspecified atom stereocenters. The summed E-state index contributed by atoms with van der Waals surface area (Å²) >= 11 is 0. The van der Waals surface area contributed by atoms with Crippen LogP contribution in [0.15, 0.2) is 12.7 Å². The Morgan fingerprint density at radius 3 is 2.84 bits per heavy atom. The van der Waals surface area contributed by atoms with E-state index in [2.05, 4.69) is 6.58 Å². The maximum Gasteiger partial charge on any atom is 0.306 e. The molecular formula is C15H24O4. The molecule has 0 amide bonds. The van der Waals surface area contributed by atoms with Crippen molar-refractivity contribution >= 4 is 5.97 Å². The van der Waals surface area contributed by atoms with Crippen molar-refractivity contribution in [1.82, 2.24) is 0 Å². The van der Waals surface area contributed by atoms with Gasteiger partial charge in [0.25, 0.3) is 0 Å². The third kappa shape index (κ3) is 3.57. The van der Waals surface area contributed by atoms with Crippen LogP contribution in [0.4, 0.5) is 0 Å². The summed E-state index contributed by atoms with van der Waals surface area (Å²) in [5.41, 5.74) is 0. The maximum absolute atomic E-state index is 11.6. The predicted molar refractivity (Wildman–Crippen MR) is 71.6 cm³/mol. The van der Waals surface area contributed by atoms with Gasteiger partial charge in [0.2, 0.25) is 0 Å². The normalized spacial score (nSPS) is 27.1. The lowest BCUT2D eigenvalue weighted by Gasteiger charge is -2.32. The number of ether oxygens (including phenoxy) is 3. The molecule has 0 aromatic heterocycles. The minimum atomic E-state index is -0.390. The highest BCUT2D eigenvalue weighted by Gasteiger charge is 2.44. The smallest absolute Gasteiger partial charge is 0.306 e. The second-order valence-corrected chi connectivity index (χ2v) is 5.35. The van der Waals surface area contributed by atoms with E-state index in [-0.39, 0.29) is 18.0 Å². The minimum Gasteiger partial charge on any atom is -0.466 e. The molecule has 108 valence electrons. The minimum absolute atomic E-state index is 0.0275. The Morgan fingerprint density at radius 2 is 2.21 bits per heavy atom. The quantitative estimate of drug-likeness (QED) is 0.568. The van der Waals surface area contributed by atoms with Gasteiger partial charge in [0.15, 0.2) is 5.79 Å². The molecule has 2 rings (SSSR count). The Kier molecular flexibility index (Phi) is 4.99. The van der Waals surface area contributed by atoms with Crippen LogP contribution in [0.1, 0.15) is 45.4 Å². The Hall–Kier alpha value is -0.870. The van der Waals surface area contributed by atoms with Crippen LogP contribution in [0.2, 0.25) is 0 Å². The molecular weight excluding hydrogens is 244 g/mol. The van der Waals surface area contributed by atoms with E-state index in [1.165, 1.54) is 6.42 Å². The van der Waals surface area contributed by atoms with Gasteiger partial charge in [-0.1, -0.05) is 12.5 Å². The average Bonchev–Trinajstić information content (AvgIpc) is 2.81. The number of rotatable bonds is 5. The molecule has 19 heavy (non-hydrogen) atoms. The Balaban J connectivity index is 1.90. The van der Waals surface area contributed by atoms with Crippen LogP contribution in [-0.2, 0) is 19.0 Å². The van der Waals surface area contributed by atoms with Gasteiger partial charge in [-0.05, 0) is 19.8 Å².